The summed E-state index contributed by atoms with van der Waals surface area (Å²) in [6, 6.07) is 10.6. The maximum Gasteiger partial charge on any atom is 0.158 e. The Bertz CT molecular complexity index is 555. The molecule has 1 aromatic rings. The van der Waals surface area contributed by atoms with Crippen molar-refractivity contribution in [1.82, 2.24) is 10.4 Å². The van der Waals surface area contributed by atoms with Gasteiger partial charge >= 0.3 is 0 Å². The summed E-state index contributed by atoms with van der Waals surface area (Å²) >= 11 is 0. The van der Waals surface area contributed by atoms with Crippen LogP contribution in [0.1, 0.15) is 24.8 Å². The van der Waals surface area contributed by atoms with Crippen molar-refractivity contribution in [2.75, 3.05) is 26.3 Å². The van der Waals surface area contributed by atoms with Crippen LogP contribution in [0.2, 0.25) is 0 Å². The lowest BCUT2D eigenvalue weighted by atomic mass is 10.1. The van der Waals surface area contributed by atoms with Crippen molar-refractivity contribution in [1.29, 1.82) is 0 Å². The van der Waals surface area contributed by atoms with E-state index >= 15 is 0 Å². The van der Waals surface area contributed by atoms with E-state index in [0.717, 1.165) is 44.8 Å². The molecule has 0 aliphatic carbocycles. The number of rotatable bonds is 5. The Balaban J connectivity index is 1.34. The smallest absolute Gasteiger partial charge is 0.158 e. The summed E-state index contributed by atoms with van der Waals surface area (Å²) < 4.78 is 11.5. The first kappa shape index (κ1) is 15.1. The van der Waals surface area contributed by atoms with E-state index in [1.165, 1.54) is 17.6 Å². The average Bonchev–Trinajstić information content (AvgIpc) is 3.15. The minimum absolute atomic E-state index is 0.0560. The van der Waals surface area contributed by atoms with Gasteiger partial charge in [0.05, 0.1) is 12.3 Å². The molecule has 0 amide bonds. The lowest BCUT2D eigenvalue weighted by Crippen LogP contribution is -2.27. The standard InChI is InChI=1S/C18H24N2O3/c1-2-6-14(7-3-1)10-20-11-15-16(19-23-17(15)12-20)13-22-18-8-4-5-9-21-18/h1-3,6-7,17-19H,4-5,8-13H2. The second kappa shape index (κ2) is 7.01. The average molecular weight is 316 g/mol. The van der Waals surface area contributed by atoms with E-state index in [2.05, 4.69) is 40.7 Å². The first-order chi connectivity index (χ1) is 11.4. The van der Waals surface area contributed by atoms with Crippen LogP contribution in [0.3, 0.4) is 0 Å². The van der Waals surface area contributed by atoms with Gasteiger partial charge in [0.15, 0.2) is 6.29 Å². The van der Waals surface area contributed by atoms with Crippen molar-refractivity contribution >= 4 is 0 Å². The number of nitrogens with zero attached hydrogens (tertiary/aromatic N) is 1. The summed E-state index contributed by atoms with van der Waals surface area (Å²) in [5.74, 6) is 0. The highest BCUT2D eigenvalue weighted by atomic mass is 16.7. The Labute approximate surface area is 137 Å². The molecule has 1 N–H and O–H groups in total. The highest BCUT2D eigenvalue weighted by Gasteiger charge is 2.35. The molecule has 2 saturated heterocycles. The van der Waals surface area contributed by atoms with Gasteiger partial charge in [0.25, 0.3) is 0 Å². The van der Waals surface area contributed by atoms with Gasteiger partial charge in [-0.15, -0.1) is 0 Å². The summed E-state index contributed by atoms with van der Waals surface area (Å²) in [6.45, 7) is 4.20. The number of fused-ring (bicyclic) bond motifs is 1. The molecule has 3 aliphatic rings. The molecule has 5 heteroatoms. The molecule has 0 bridgehead atoms. The van der Waals surface area contributed by atoms with Crippen LogP contribution in [0, 0.1) is 0 Å². The molecule has 2 unspecified atom stereocenters. The predicted octanol–water partition coefficient (Wildman–Crippen LogP) is 2.20. The van der Waals surface area contributed by atoms with Gasteiger partial charge in [0.1, 0.15) is 6.10 Å². The van der Waals surface area contributed by atoms with Gasteiger partial charge in [-0.1, -0.05) is 30.3 Å². The maximum absolute atomic E-state index is 5.89. The number of hydrogen-bond acceptors (Lipinski definition) is 5. The van der Waals surface area contributed by atoms with E-state index in [4.69, 9.17) is 14.3 Å². The SMILES string of the molecule is c1ccc(CN2CC3=C(COC4CCCCO4)NOC3C2)cc1. The third-order valence-electron chi connectivity index (χ3n) is 4.72. The van der Waals surface area contributed by atoms with Crippen molar-refractivity contribution in [3.05, 3.63) is 47.2 Å². The van der Waals surface area contributed by atoms with Gasteiger partial charge in [-0.3, -0.25) is 15.2 Å². The molecule has 0 aromatic heterocycles. The molecule has 1 aromatic carbocycles. The molecular formula is C18H24N2O3. The molecule has 5 nitrogen and oxygen atoms in total. The van der Waals surface area contributed by atoms with Crippen molar-refractivity contribution < 1.29 is 14.3 Å². The molecule has 3 heterocycles. The number of nitrogens with one attached hydrogen (secondary N) is 1. The van der Waals surface area contributed by atoms with E-state index in [1.54, 1.807) is 0 Å². The molecule has 0 radical (unpaired) electrons. The van der Waals surface area contributed by atoms with Crippen molar-refractivity contribution in [2.24, 2.45) is 0 Å². The van der Waals surface area contributed by atoms with Crippen LogP contribution in [-0.4, -0.2) is 43.6 Å². The van der Waals surface area contributed by atoms with Crippen LogP contribution in [-0.2, 0) is 20.9 Å². The summed E-state index contributed by atoms with van der Waals surface area (Å²) in [7, 11) is 0. The van der Waals surface area contributed by atoms with Crippen LogP contribution >= 0.6 is 0 Å². The zero-order valence-corrected chi connectivity index (χ0v) is 13.4. The molecule has 0 saturated carbocycles. The molecular weight excluding hydrogens is 292 g/mol. The number of benzene rings is 1. The van der Waals surface area contributed by atoms with Crippen LogP contribution in [0.15, 0.2) is 41.6 Å². The number of hydrogen-bond donors (Lipinski definition) is 1. The second-order valence-electron chi connectivity index (χ2n) is 6.47. The summed E-state index contributed by atoms with van der Waals surface area (Å²) in [5.41, 5.74) is 6.81. The number of hydroxylamine groups is 1. The zero-order valence-electron chi connectivity index (χ0n) is 13.4. The summed E-state index contributed by atoms with van der Waals surface area (Å²) in [4.78, 5) is 8.13. The minimum atomic E-state index is -0.0560. The number of ether oxygens (including phenoxy) is 2. The lowest BCUT2D eigenvalue weighted by Gasteiger charge is -2.23. The normalized spacial score (nSPS) is 28.0. The van der Waals surface area contributed by atoms with E-state index in [9.17, 15) is 0 Å². The van der Waals surface area contributed by atoms with E-state index < -0.39 is 0 Å². The Morgan fingerprint density at radius 2 is 2.13 bits per heavy atom. The van der Waals surface area contributed by atoms with E-state index in [0.29, 0.717) is 6.61 Å². The van der Waals surface area contributed by atoms with Crippen LogP contribution in [0.5, 0.6) is 0 Å². The van der Waals surface area contributed by atoms with Crippen molar-refractivity contribution in [2.45, 2.75) is 38.2 Å². The highest BCUT2D eigenvalue weighted by Crippen LogP contribution is 2.28. The number of likely N-dealkylation sites (tertiary alicyclic amines) is 1. The Morgan fingerprint density at radius 1 is 1.22 bits per heavy atom. The Hall–Kier alpha value is -1.40. The van der Waals surface area contributed by atoms with Crippen molar-refractivity contribution in [3.63, 3.8) is 0 Å². The fourth-order valence-corrected chi connectivity index (χ4v) is 3.46. The largest absolute Gasteiger partial charge is 0.353 e. The lowest BCUT2D eigenvalue weighted by molar-refractivity contribution is -0.158. The predicted molar refractivity (Wildman–Crippen MR) is 86.3 cm³/mol. The molecule has 124 valence electrons. The monoisotopic (exact) mass is 316 g/mol. The topological polar surface area (TPSA) is 43.0 Å². The third-order valence-corrected chi connectivity index (χ3v) is 4.72. The molecule has 23 heavy (non-hydrogen) atoms. The van der Waals surface area contributed by atoms with Crippen LogP contribution < -0.4 is 5.48 Å². The summed E-state index contributed by atoms with van der Waals surface area (Å²) in [6.07, 6.45) is 3.43. The summed E-state index contributed by atoms with van der Waals surface area (Å²) in [5, 5.41) is 0. The Kier molecular flexibility index (Phi) is 4.62. The van der Waals surface area contributed by atoms with Gasteiger partial charge in [-0.25, -0.2) is 0 Å². The zero-order chi connectivity index (χ0) is 15.5. The fraction of sp³-hybridized carbons (Fsp3) is 0.556. The quantitative estimate of drug-likeness (QED) is 0.902. The maximum atomic E-state index is 5.89. The fourth-order valence-electron chi connectivity index (χ4n) is 3.46. The van der Waals surface area contributed by atoms with Gasteiger partial charge in [0.2, 0.25) is 0 Å². The van der Waals surface area contributed by atoms with E-state index in [1.807, 2.05) is 0 Å². The van der Waals surface area contributed by atoms with Crippen molar-refractivity contribution in [3.8, 4) is 0 Å². The molecule has 3 aliphatic heterocycles. The van der Waals surface area contributed by atoms with Gasteiger partial charge in [0, 0.05) is 31.8 Å². The minimum Gasteiger partial charge on any atom is -0.353 e. The molecule has 0 spiro atoms. The molecule has 2 fully saturated rings. The van der Waals surface area contributed by atoms with Crippen LogP contribution in [0.4, 0.5) is 0 Å². The van der Waals surface area contributed by atoms with Crippen LogP contribution in [0.25, 0.3) is 0 Å². The molecule has 4 rings (SSSR count). The molecule has 2 atom stereocenters. The van der Waals surface area contributed by atoms with E-state index in [-0.39, 0.29) is 12.4 Å². The first-order valence-corrected chi connectivity index (χ1v) is 8.51. The highest BCUT2D eigenvalue weighted by molar-refractivity contribution is 5.27. The van der Waals surface area contributed by atoms with Gasteiger partial charge in [-0.2, -0.15) is 0 Å². The first-order valence-electron chi connectivity index (χ1n) is 8.51. The third kappa shape index (κ3) is 3.58. The second-order valence-corrected chi connectivity index (χ2v) is 6.47. The van der Waals surface area contributed by atoms with Gasteiger partial charge < -0.3 is 9.47 Å². The van der Waals surface area contributed by atoms with Gasteiger partial charge in [-0.05, 0) is 24.8 Å². The Morgan fingerprint density at radius 3 is 2.96 bits per heavy atom.